The van der Waals surface area contributed by atoms with Crippen LogP contribution in [-0.2, 0) is 0 Å². The van der Waals surface area contributed by atoms with Crippen LogP contribution in [0.3, 0.4) is 0 Å². The molecule has 0 aliphatic carbocycles. The van der Waals surface area contributed by atoms with Gasteiger partial charge in [0.2, 0.25) is 0 Å². The van der Waals surface area contributed by atoms with Crippen LogP contribution in [0.15, 0.2) is 28.7 Å². The molecule has 2 rings (SSSR count). The number of hydrogen-bond donors (Lipinski definition) is 1. The molecule has 1 aromatic carbocycles. The summed E-state index contributed by atoms with van der Waals surface area (Å²) in [5.74, 6) is 0.499. The Morgan fingerprint density at radius 3 is 2.80 bits per heavy atom. The summed E-state index contributed by atoms with van der Waals surface area (Å²) >= 11 is 9.43. The fraction of sp³-hybridized carbons (Fsp3) is 0.100. The first-order valence-corrected chi connectivity index (χ1v) is 5.53. The normalized spacial score (nSPS) is 10.6. The van der Waals surface area contributed by atoms with Crippen LogP contribution in [0.25, 0.3) is 5.69 Å². The second-order valence-electron chi connectivity index (χ2n) is 3.20. The summed E-state index contributed by atoms with van der Waals surface area (Å²) in [5.41, 5.74) is 7.48. The highest BCUT2D eigenvalue weighted by atomic mass is 79.9. The topological polar surface area (TPSA) is 43.8 Å². The lowest BCUT2D eigenvalue weighted by Gasteiger charge is -2.07. The predicted octanol–water partition coefficient (Wildman–Crippen LogP) is 3.18. The number of anilines is 1. The maximum Gasteiger partial charge on any atom is 0.146 e. The van der Waals surface area contributed by atoms with Crippen molar-refractivity contribution >= 4 is 33.3 Å². The predicted molar refractivity (Wildman–Crippen MR) is 65.4 cm³/mol. The van der Waals surface area contributed by atoms with Gasteiger partial charge in [-0.25, -0.2) is 4.68 Å². The Bertz CT molecular complexity index is 507. The van der Waals surface area contributed by atoms with E-state index in [-0.39, 0.29) is 0 Å². The summed E-state index contributed by atoms with van der Waals surface area (Å²) < 4.78 is 2.57. The van der Waals surface area contributed by atoms with E-state index >= 15 is 0 Å². The molecule has 0 atom stereocenters. The maximum atomic E-state index is 6.00. The highest BCUT2D eigenvalue weighted by Crippen LogP contribution is 2.29. The van der Waals surface area contributed by atoms with E-state index in [0.717, 1.165) is 15.9 Å². The fourth-order valence-electron chi connectivity index (χ4n) is 1.40. The van der Waals surface area contributed by atoms with Gasteiger partial charge in [-0.15, -0.1) is 0 Å². The molecule has 0 spiro atoms. The number of aromatic nitrogens is 2. The highest BCUT2D eigenvalue weighted by molar-refractivity contribution is 9.10. The summed E-state index contributed by atoms with van der Waals surface area (Å²) in [4.78, 5) is 0. The van der Waals surface area contributed by atoms with Crippen LogP contribution >= 0.6 is 27.5 Å². The van der Waals surface area contributed by atoms with Gasteiger partial charge in [-0.05, 0) is 35.0 Å². The van der Waals surface area contributed by atoms with Gasteiger partial charge in [0, 0.05) is 11.8 Å². The second-order valence-corrected chi connectivity index (χ2v) is 4.40. The first-order valence-electron chi connectivity index (χ1n) is 4.36. The Balaban J connectivity index is 2.64. The van der Waals surface area contributed by atoms with Crippen molar-refractivity contribution < 1.29 is 0 Å². The third-order valence-electron chi connectivity index (χ3n) is 2.07. The summed E-state index contributed by atoms with van der Waals surface area (Å²) in [6.45, 7) is 1.94. The minimum atomic E-state index is 0.499. The van der Waals surface area contributed by atoms with Crippen molar-refractivity contribution in [1.82, 2.24) is 9.78 Å². The van der Waals surface area contributed by atoms with E-state index in [1.807, 2.05) is 31.2 Å². The molecule has 3 nitrogen and oxygen atoms in total. The van der Waals surface area contributed by atoms with Crippen molar-refractivity contribution in [2.75, 3.05) is 5.73 Å². The molecule has 2 aromatic rings. The molecule has 0 amide bonds. The monoisotopic (exact) mass is 285 g/mol. The van der Waals surface area contributed by atoms with Crippen molar-refractivity contribution in [2.45, 2.75) is 6.92 Å². The lowest BCUT2D eigenvalue weighted by atomic mass is 10.3. The number of halogens is 2. The van der Waals surface area contributed by atoms with Crippen molar-refractivity contribution in [3.05, 3.63) is 39.5 Å². The lowest BCUT2D eigenvalue weighted by Crippen LogP contribution is -2.00. The van der Waals surface area contributed by atoms with E-state index in [1.54, 1.807) is 4.68 Å². The molecule has 0 aliphatic heterocycles. The number of nitrogens with zero attached hydrogens (tertiary/aromatic N) is 2. The van der Waals surface area contributed by atoms with Gasteiger partial charge in [0.1, 0.15) is 5.82 Å². The molecule has 2 N–H and O–H groups in total. The largest absolute Gasteiger partial charge is 0.382 e. The van der Waals surface area contributed by atoms with E-state index in [0.29, 0.717) is 10.8 Å². The van der Waals surface area contributed by atoms with Crippen LogP contribution in [0, 0.1) is 6.92 Å². The molecule has 0 saturated carbocycles. The third-order valence-corrected chi connectivity index (χ3v) is 3.44. The van der Waals surface area contributed by atoms with E-state index in [4.69, 9.17) is 17.3 Å². The van der Waals surface area contributed by atoms with Crippen LogP contribution in [0.5, 0.6) is 0 Å². The molecule has 0 bridgehead atoms. The van der Waals surface area contributed by atoms with Gasteiger partial charge in [0.25, 0.3) is 0 Å². The number of nitrogens with two attached hydrogens (primary N) is 1. The average Bonchev–Trinajstić information content (AvgIpc) is 2.50. The number of benzene rings is 1. The quantitative estimate of drug-likeness (QED) is 0.875. The van der Waals surface area contributed by atoms with Gasteiger partial charge in [-0.2, -0.15) is 5.10 Å². The standard InChI is InChI=1S/C10H9BrClN3/c1-6-5-9(13)14-15(6)8-4-2-3-7(12)10(8)11/h2-5H,1H3,(H2,13,14). The Kier molecular flexibility index (Phi) is 2.71. The molecule has 0 fully saturated rings. The molecule has 5 heteroatoms. The first kappa shape index (κ1) is 10.5. The SMILES string of the molecule is Cc1cc(N)nn1-c1cccc(Cl)c1Br. The number of nitrogen functional groups attached to an aromatic ring is 1. The Morgan fingerprint density at radius 1 is 1.47 bits per heavy atom. The van der Waals surface area contributed by atoms with Crippen LogP contribution in [0.1, 0.15) is 5.69 Å². The van der Waals surface area contributed by atoms with E-state index in [2.05, 4.69) is 21.0 Å². The summed E-state index contributed by atoms with van der Waals surface area (Å²) in [6.07, 6.45) is 0. The van der Waals surface area contributed by atoms with Gasteiger partial charge in [0.15, 0.2) is 0 Å². The molecule has 0 radical (unpaired) electrons. The van der Waals surface area contributed by atoms with Crippen LogP contribution in [-0.4, -0.2) is 9.78 Å². The van der Waals surface area contributed by atoms with Crippen molar-refractivity contribution in [3.63, 3.8) is 0 Å². The Labute approximate surface area is 101 Å². The van der Waals surface area contributed by atoms with Gasteiger partial charge in [-0.3, -0.25) is 0 Å². The molecule has 0 unspecified atom stereocenters. The summed E-state index contributed by atoms with van der Waals surface area (Å²) in [7, 11) is 0. The Morgan fingerprint density at radius 2 is 2.20 bits per heavy atom. The molecule has 15 heavy (non-hydrogen) atoms. The number of rotatable bonds is 1. The fourth-order valence-corrected chi connectivity index (χ4v) is 2.00. The zero-order valence-electron chi connectivity index (χ0n) is 8.04. The number of hydrogen-bond acceptors (Lipinski definition) is 2. The molecule has 1 heterocycles. The lowest BCUT2D eigenvalue weighted by molar-refractivity contribution is 0.847. The molecular formula is C10H9BrClN3. The van der Waals surface area contributed by atoms with E-state index < -0.39 is 0 Å². The van der Waals surface area contributed by atoms with Gasteiger partial charge < -0.3 is 5.73 Å². The summed E-state index contributed by atoms with van der Waals surface area (Å²) in [5, 5.41) is 4.84. The van der Waals surface area contributed by atoms with Gasteiger partial charge in [0.05, 0.1) is 15.2 Å². The minimum Gasteiger partial charge on any atom is -0.382 e. The summed E-state index contributed by atoms with van der Waals surface area (Å²) in [6, 6.07) is 7.43. The minimum absolute atomic E-state index is 0.499. The molecule has 1 aromatic heterocycles. The average molecular weight is 287 g/mol. The van der Waals surface area contributed by atoms with Crippen molar-refractivity contribution in [2.24, 2.45) is 0 Å². The zero-order valence-corrected chi connectivity index (χ0v) is 10.4. The van der Waals surface area contributed by atoms with Crippen LogP contribution < -0.4 is 5.73 Å². The molecule has 0 aliphatic rings. The van der Waals surface area contributed by atoms with Gasteiger partial charge >= 0.3 is 0 Å². The molecular weight excluding hydrogens is 277 g/mol. The second kappa shape index (κ2) is 3.87. The van der Waals surface area contributed by atoms with E-state index in [1.165, 1.54) is 0 Å². The third kappa shape index (κ3) is 1.87. The smallest absolute Gasteiger partial charge is 0.146 e. The van der Waals surface area contributed by atoms with E-state index in [9.17, 15) is 0 Å². The van der Waals surface area contributed by atoms with Gasteiger partial charge in [-0.1, -0.05) is 17.7 Å². The molecule has 0 saturated heterocycles. The maximum absolute atomic E-state index is 6.00. The van der Waals surface area contributed by atoms with Crippen LogP contribution in [0.4, 0.5) is 5.82 Å². The van der Waals surface area contributed by atoms with Crippen molar-refractivity contribution in [3.8, 4) is 5.69 Å². The highest BCUT2D eigenvalue weighted by Gasteiger charge is 2.09. The molecule has 78 valence electrons. The zero-order chi connectivity index (χ0) is 11.0. The Hall–Kier alpha value is -1.000. The first-order chi connectivity index (χ1) is 7.09. The number of aryl methyl sites for hydroxylation is 1. The van der Waals surface area contributed by atoms with Crippen LogP contribution in [0.2, 0.25) is 5.02 Å². The van der Waals surface area contributed by atoms with Crippen molar-refractivity contribution in [1.29, 1.82) is 0 Å².